The lowest BCUT2D eigenvalue weighted by molar-refractivity contribution is -0.143. The highest BCUT2D eigenvalue weighted by Crippen LogP contribution is 2.19. The number of amides is 1. The second-order valence-electron chi connectivity index (χ2n) is 24.2. The van der Waals surface area contributed by atoms with Gasteiger partial charge in [-0.25, -0.2) is 0 Å². The van der Waals surface area contributed by atoms with Crippen molar-refractivity contribution < 1.29 is 24.5 Å². The van der Waals surface area contributed by atoms with Crippen molar-refractivity contribution in [3.8, 4) is 0 Å². The average molecular weight is 1080 g/mol. The van der Waals surface area contributed by atoms with E-state index in [4.69, 9.17) is 4.74 Å². The molecule has 0 aromatic carbocycles. The zero-order valence-electron chi connectivity index (χ0n) is 52.2. The maximum atomic E-state index is 12.5. The molecule has 0 aliphatic rings. The number of nitrogens with one attached hydrogen (secondary N) is 1. The first kappa shape index (κ1) is 75.3. The molecule has 0 heterocycles. The molecule has 1 amide bonds. The molecule has 3 N–H and O–H groups in total. The molecule has 0 spiro atoms. The molecule has 456 valence electrons. The first-order chi connectivity index (χ1) is 38.0. The van der Waals surface area contributed by atoms with E-state index in [0.29, 0.717) is 25.9 Å². The maximum Gasteiger partial charge on any atom is 0.305 e. The average Bonchev–Trinajstić information content (AvgIpc) is 3.43. The minimum Gasteiger partial charge on any atom is -0.466 e. The number of carbonyl (C=O) groups excluding carboxylic acids is 2. The van der Waals surface area contributed by atoms with E-state index in [2.05, 4.69) is 43.5 Å². The van der Waals surface area contributed by atoms with Gasteiger partial charge in [-0.3, -0.25) is 9.59 Å². The summed E-state index contributed by atoms with van der Waals surface area (Å²) in [6.45, 7) is 4.91. The van der Waals surface area contributed by atoms with E-state index in [-0.39, 0.29) is 18.5 Å². The van der Waals surface area contributed by atoms with Crippen molar-refractivity contribution in [1.29, 1.82) is 0 Å². The monoisotopic (exact) mass is 1080 g/mol. The highest BCUT2D eigenvalue weighted by atomic mass is 16.5. The Morgan fingerprint density at radius 2 is 0.675 bits per heavy atom. The van der Waals surface area contributed by atoms with E-state index in [9.17, 15) is 19.8 Å². The fourth-order valence-electron chi connectivity index (χ4n) is 11.2. The molecule has 6 nitrogen and oxygen atoms in total. The van der Waals surface area contributed by atoms with Gasteiger partial charge in [0.25, 0.3) is 0 Å². The van der Waals surface area contributed by atoms with Crippen molar-refractivity contribution in [2.75, 3.05) is 13.2 Å². The molecule has 77 heavy (non-hydrogen) atoms. The number of rotatable bonds is 66. The van der Waals surface area contributed by atoms with Crippen molar-refractivity contribution in [2.45, 2.75) is 405 Å². The Labute approximate surface area is 481 Å². The minimum atomic E-state index is -0.660. The van der Waals surface area contributed by atoms with Crippen LogP contribution >= 0.6 is 0 Å². The van der Waals surface area contributed by atoms with Gasteiger partial charge in [-0.15, -0.1) is 0 Å². The van der Waals surface area contributed by atoms with Crippen LogP contribution in [0.3, 0.4) is 0 Å². The fraction of sp³-hybridized carbons (Fsp3) is 0.915. The Morgan fingerprint density at radius 1 is 0.364 bits per heavy atom. The molecule has 2 unspecified atom stereocenters. The largest absolute Gasteiger partial charge is 0.466 e. The third kappa shape index (κ3) is 63.4. The van der Waals surface area contributed by atoms with E-state index >= 15 is 0 Å². The van der Waals surface area contributed by atoms with E-state index in [1.165, 1.54) is 308 Å². The lowest BCUT2D eigenvalue weighted by atomic mass is 10.0. The number of hydrogen-bond acceptors (Lipinski definition) is 5. The molecule has 0 aliphatic carbocycles. The van der Waals surface area contributed by atoms with Gasteiger partial charge in [0.15, 0.2) is 0 Å². The minimum absolute atomic E-state index is 0.00671. The van der Waals surface area contributed by atoms with E-state index in [1.807, 2.05) is 0 Å². The van der Waals surface area contributed by atoms with Crippen molar-refractivity contribution in [1.82, 2.24) is 5.32 Å². The van der Waals surface area contributed by atoms with Crippen LogP contribution in [-0.4, -0.2) is 47.4 Å². The summed E-state index contributed by atoms with van der Waals surface area (Å²) in [7, 11) is 0. The van der Waals surface area contributed by atoms with E-state index in [1.54, 1.807) is 0 Å². The molecule has 2 atom stereocenters. The topological polar surface area (TPSA) is 95.9 Å². The quantitative estimate of drug-likeness (QED) is 0.0320. The van der Waals surface area contributed by atoms with Crippen LogP contribution in [0.1, 0.15) is 393 Å². The highest BCUT2D eigenvalue weighted by Gasteiger charge is 2.20. The highest BCUT2D eigenvalue weighted by molar-refractivity contribution is 5.76. The van der Waals surface area contributed by atoms with Gasteiger partial charge in [0, 0.05) is 12.8 Å². The van der Waals surface area contributed by atoms with Crippen LogP contribution in [0.4, 0.5) is 0 Å². The summed E-state index contributed by atoms with van der Waals surface area (Å²) < 4.78 is 5.48. The van der Waals surface area contributed by atoms with Crippen LogP contribution in [0.15, 0.2) is 24.3 Å². The summed E-state index contributed by atoms with van der Waals surface area (Å²) in [5, 5.41) is 23.3. The van der Waals surface area contributed by atoms with Gasteiger partial charge in [-0.1, -0.05) is 353 Å². The van der Waals surface area contributed by atoms with Crippen LogP contribution < -0.4 is 5.32 Å². The molecule has 0 saturated heterocycles. The normalized spacial score (nSPS) is 12.6. The zero-order chi connectivity index (χ0) is 55.7. The molecule has 0 aromatic heterocycles. The molecule has 0 radical (unpaired) electrons. The third-order valence-corrected chi connectivity index (χ3v) is 16.5. The number of carbonyl (C=O) groups is 2. The number of ether oxygens (including phenoxy) is 1. The van der Waals surface area contributed by atoms with Crippen molar-refractivity contribution in [2.24, 2.45) is 0 Å². The summed E-state index contributed by atoms with van der Waals surface area (Å²) in [5.41, 5.74) is 0. The summed E-state index contributed by atoms with van der Waals surface area (Å²) in [6.07, 6.45) is 83.8. The van der Waals surface area contributed by atoms with Crippen LogP contribution in [-0.2, 0) is 14.3 Å². The van der Waals surface area contributed by atoms with Gasteiger partial charge in [0.05, 0.1) is 25.4 Å². The molecular formula is C71H137NO5. The number of aliphatic hydroxyl groups is 2. The maximum absolute atomic E-state index is 12.5. The molecule has 0 fully saturated rings. The molecule has 0 aromatic rings. The summed E-state index contributed by atoms with van der Waals surface area (Å²) in [5.74, 6) is -0.0209. The second-order valence-corrected chi connectivity index (χ2v) is 24.2. The Kier molecular flexibility index (Phi) is 65.4. The Hall–Kier alpha value is -1.66. The number of aliphatic hydroxyl groups excluding tert-OH is 2. The predicted octanol–water partition coefficient (Wildman–Crippen LogP) is 22.5. The van der Waals surface area contributed by atoms with Gasteiger partial charge in [-0.05, 0) is 51.4 Å². The van der Waals surface area contributed by atoms with Crippen molar-refractivity contribution in [3.63, 3.8) is 0 Å². The van der Waals surface area contributed by atoms with Crippen LogP contribution in [0.2, 0.25) is 0 Å². The molecule has 0 aliphatic heterocycles. The van der Waals surface area contributed by atoms with Gasteiger partial charge in [0.2, 0.25) is 5.91 Å². The summed E-state index contributed by atoms with van der Waals surface area (Å²) >= 11 is 0. The Bertz CT molecular complexity index is 1200. The van der Waals surface area contributed by atoms with Crippen molar-refractivity contribution in [3.05, 3.63) is 24.3 Å². The molecule has 6 heteroatoms. The summed E-state index contributed by atoms with van der Waals surface area (Å²) in [4.78, 5) is 24.5. The number of hydrogen-bond donors (Lipinski definition) is 3. The Morgan fingerprint density at radius 3 is 1.04 bits per heavy atom. The predicted molar refractivity (Wildman–Crippen MR) is 338 cm³/mol. The van der Waals surface area contributed by atoms with E-state index < -0.39 is 12.1 Å². The third-order valence-electron chi connectivity index (χ3n) is 16.5. The van der Waals surface area contributed by atoms with E-state index in [0.717, 1.165) is 51.4 Å². The first-order valence-corrected chi connectivity index (χ1v) is 35.1. The molecule has 0 saturated carbocycles. The lowest BCUT2D eigenvalue weighted by Crippen LogP contribution is -2.45. The van der Waals surface area contributed by atoms with Crippen LogP contribution in [0.5, 0.6) is 0 Å². The van der Waals surface area contributed by atoms with Gasteiger partial charge in [0.1, 0.15) is 0 Å². The van der Waals surface area contributed by atoms with Crippen LogP contribution in [0, 0.1) is 0 Å². The lowest BCUT2D eigenvalue weighted by Gasteiger charge is -2.22. The standard InChI is InChI=1S/C71H137NO5/c1-3-5-7-9-11-13-15-17-40-43-47-51-55-59-63-69(74)68(67-73)72-70(75)64-60-56-52-48-44-41-37-35-33-31-29-27-25-23-21-19-18-20-22-24-26-28-30-32-34-36-38-42-46-50-54-58-62-66-77-71(76)65-61-57-53-49-45-39-16-14-12-10-8-6-4-2/h8,10,14,16,68-69,73-74H,3-7,9,11-13,15,17-67H2,1-2H3,(H,72,75)/b10-8-,16-14-. The fourth-order valence-corrected chi connectivity index (χ4v) is 11.2. The summed E-state index contributed by atoms with van der Waals surface area (Å²) in [6, 6.07) is -0.537. The zero-order valence-corrected chi connectivity index (χ0v) is 52.2. The number of allylic oxidation sites excluding steroid dienone is 4. The van der Waals surface area contributed by atoms with Gasteiger partial charge < -0.3 is 20.3 Å². The number of esters is 1. The first-order valence-electron chi connectivity index (χ1n) is 35.1. The van der Waals surface area contributed by atoms with Crippen molar-refractivity contribution >= 4 is 11.9 Å². The molecule has 0 rings (SSSR count). The van der Waals surface area contributed by atoms with Crippen LogP contribution in [0.25, 0.3) is 0 Å². The molecular weight excluding hydrogens is 947 g/mol. The number of unbranched alkanes of at least 4 members (excludes halogenated alkanes) is 51. The second kappa shape index (κ2) is 66.8. The Balaban J connectivity index is 3.31. The smallest absolute Gasteiger partial charge is 0.305 e. The van der Waals surface area contributed by atoms with Gasteiger partial charge in [-0.2, -0.15) is 0 Å². The van der Waals surface area contributed by atoms with Gasteiger partial charge >= 0.3 is 5.97 Å². The molecule has 0 bridgehead atoms. The SMILES string of the molecule is CCC/C=C\C/C=C\CCCCCCCC(=O)OCCCCCCCCCCCCCCCCCCCCCCCCCCCCCCCCCCCC(=O)NC(CO)C(O)CCCCCCCCCCCCCCCC.